The first kappa shape index (κ1) is 13.3. The fraction of sp³-hybridized carbons (Fsp3) is 0.0714. The van der Waals surface area contributed by atoms with E-state index in [0.717, 1.165) is 5.56 Å². The van der Waals surface area contributed by atoms with Crippen LogP contribution in [-0.4, -0.2) is 14.1 Å². The lowest BCUT2D eigenvalue weighted by Crippen LogP contribution is -2.04. The van der Waals surface area contributed by atoms with Crippen LogP contribution in [0, 0.1) is 0 Å². The standard InChI is InChI=1S/C14H13NO3S/c1-12(13-8-4-2-5-9-13)15-18-19(16,17)14-10-6-3-7-11-14/h2-11H,1H3. The summed E-state index contributed by atoms with van der Waals surface area (Å²) in [5.74, 6) is 0. The van der Waals surface area contributed by atoms with Gasteiger partial charge in [0.25, 0.3) is 0 Å². The minimum atomic E-state index is -3.85. The molecule has 2 aromatic rings. The van der Waals surface area contributed by atoms with Crippen molar-refractivity contribution >= 4 is 15.8 Å². The summed E-state index contributed by atoms with van der Waals surface area (Å²) in [6.07, 6.45) is 0. The fourth-order valence-corrected chi connectivity index (χ4v) is 2.25. The summed E-state index contributed by atoms with van der Waals surface area (Å²) in [6, 6.07) is 17.1. The molecule has 0 atom stereocenters. The molecular weight excluding hydrogens is 262 g/mol. The first-order valence-corrected chi connectivity index (χ1v) is 7.09. The smallest absolute Gasteiger partial charge is 0.265 e. The summed E-state index contributed by atoms with van der Waals surface area (Å²) in [7, 11) is -3.85. The van der Waals surface area contributed by atoms with Crippen LogP contribution in [0.25, 0.3) is 0 Å². The Morgan fingerprint density at radius 2 is 1.47 bits per heavy atom. The van der Waals surface area contributed by atoms with Crippen LogP contribution in [0.5, 0.6) is 0 Å². The van der Waals surface area contributed by atoms with Gasteiger partial charge in [-0.1, -0.05) is 53.7 Å². The third kappa shape index (κ3) is 3.42. The average Bonchev–Trinajstić information content (AvgIpc) is 2.47. The highest BCUT2D eigenvalue weighted by Crippen LogP contribution is 2.12. The summed E-state index contributed by atoms with van der Waals surface area (Å²) in [4.78, 5) is 0.0830. The first-order chi connectivity index (χ1) is 9.09. The highest BCUT2D eigenvalue weighted by Gasteiger charge is 2.14. The van der Waals surface area contributed by atoms with Gasteiger partial charge in [-0.15, -0.1) is 0 Å². The molecule has 0 unspecified atom stereocenters. The Balaban J connectivity index is 2.19. The van der Waals surface area contributed by atoms with Gasteiger partial charge in [0.2, 0.25) is 0 Å². The highest BCUT2D eigenvalue weighted by molar-refractivity contribution is 7.86. The van der Waals surface area contributed by atoms with E-state index in [1.165, 1.54) is 12.1 Å². The molecule has 5 heteroatoms. The molecule has 0 saturated carbocycles. The maximum absolute atomic E-state index is 11.8. The van der Waals surface area contributed by atoms with Crippen molar-refractivity contribution in [3.63, 3.8) is 0 Å². The second-order valence-electron chi connectivity index (χ2n) is 3.88. The molecule has 0 radical (unpaired) electrons. The maximum atomic E-state index is 11.8. The minimum Gasteiger partial charge on any atom is -0.265 e. The molecule has 4 nitrogen and oxygen atoms in total. The number of hydrogen-bond donors (Lipinski definition) is 0. The number of nitrogens with zero attached hydrogens (tertiary/aromatic N) is 1. The normalized spacial score (nSPS) is 12.2. The van der Waals surface area contributed by atoms with Gasteiger partial charge in [-0.2, -0.15) is 8.42 Å². The molecular formula is C14H13NO3S. The summed E-state index contributed by atoms with van der Waals surface area (Å²) < 4.78 is 28.4. The summed E-state index contributed by atoms with van der Waals surface area (Å²) in [6.45, 7) is 1.69. The van der Waals surface area contributed by atoms with Gasteiger partial charge in [0, 0.05) is 0 Å². The van der Waals surface area contributed by atoms with E-state index < -0.39 is 10.1 Å². The van der Waals surface area contributed by atoms with Crippen molar-refractivity contribution in [1.82, 2.24) is 0 Å². The van der Waals surface area contributed by atoms with Crippen molar-refractivity contribution in [2.24, 2.45) is 5.16 Å². The maximum Gasteiger partial charge on any atom is 0.358 e. The Labute approximate surface area is 112 Å². The topological polar surface area (TPSA) is 55.7 Å². The lowest BCUT2D eigenvalue weighted by Gasteiger charge is -2.03. The Hall–Kier alpha value is -2.14. The molecule has 0 N–H and O–H groups in total. The molecule has 98 valence electrons. The van der Waals surface area contributed by atoms with Crippen LogP contribution in [0.15, 0.2) is 70.7 Å². The Kier molecular flexibility index (Phi) is 3.97. The quantitative estimate of drug-likeness (QED) is 0.637. The molecule has 0 saturated heterocycles. The zero-order chi connectivity index (χ0) is 13.7. The van der Waals surface area contributed by atoms with Gasteiger partial charge in [0.15, 0.2) is 0 Å². The molecule has 0 aliphatic carbocycles. The zero-order valence-corrected chi connectivity index (χ0v) is 11.2. The molecule has 0 bridgehead atoms. The van der Waals surface area contributed by atoms with Crippen LogP contribution < -0.4 is 0 Å². The predicted molar refractivity (Wildman–Crippen MR) is 73.4 cm³/mol. The van der Waals surface area contributed by atoms with Gasteiger partial charge < -0.3 is 0 Å². The van der Waals surface area contributed by atoms with Gasteiger partial charge >= 0.3 is 10.1 Å². The molecule has 19 heavy (non-hydrogen) atoms. The molecule has 0 spiro atoms. The van der Waals surface area contributed by atoms with Crippen LogP contribution in [0.3, 0.4) is 0 Å². The van der Waals surface area contributed by atoms with E-state index in [1.807, 2.05) is 30.3 Å². The SMILES string of the molecule is CC(=NOS(=O)(=O)c1ccccc1)c1ccccc1. The van der Waals surface area contributed by atoms with Crippen molar-refractivity contribution in [3.8, 4) is 0 Å². The van der Waals surface area contributed by atoms with Crippen LogP contribution in [0.4, 0.5) is 0 Å². The molecule has 0 aromatic heterocycles. The predicted octanol–water partition coefficient (Wildman–Crippen LogP) is 2.82. The largest absolute Gasteiger partial charge is 0.358 e. The van der Waals surface area contributed by atoms with Gasteiger partial charge in [-0.25, -0.2) is 0 Å². The summed E-state index contributed by atoms with van der Waals surface area (Å²) in [5.41, 5.74) is 1.31. The Morgan fingerprint density at radius 3 is 2.05 bits per heavy atom. The van der Waals surface area contributed by atoms with Crippen LogP contribution in [-0.2, 0) is 14.4 Å². The van der Waals surface area contributed by atoms with E-state index in [2.05, 4.69) is 5.16 Å². The summed E-state index contributed by atoms with van der Waals surface area (Å²) >= 11 is 0. The Bertz CT molecular complexity index is 664. The molecule has 2 aromatic carbocycles. The van der Waals surface area contributed by atoms with Crippen molar-refractivity contribution < 1.29 is 12.7 Å². The van der Waals surface area contributed by atoms with E-state index >= 15 is 0 Å². The molecule has 0 heterocycles. The molecule has 0 amide bonds. The molecule has 0 aliphatic rings. The zero-order valence-electron chi connectivity index (χ0n) is 10.4. The second-order valence-corrected chi connectivity index (χ2v) is 5.41. The van der Waals surface area contributed by atoms with Crippen LogP contribution in [0.2, 0.25) is 0 Å². The second kappa shape index (κ2) is 5.67. The first-order valence-electron chi connectivity index (χ1n) is 5.68. The lowest BCUT2D eigenvalue weighted by atomic mass is 10.1. The minimum absolute atomic E-state index is 0.0830. The average molecular weight is 275 g/mol. The fourth-order valence-electron chi connectivity index (χ4n) is 1.47. The van der Waals surface area contributed by atoms with E-state index in [4.69, 9.17) is 4.28 Å². The van der Waals surface area contributed by atoms with Crippen molar-refractivity contribution in [3.05, 3.63) is 66.2 Å². The number of hydrogen-bond acceptors (Lipinski definition) is 4. The number of benzene rings is 2. The Morgan fingerprint density at radius 1 is 0.947 bits per heavy atom. The van der Waals surface area contributed by atoms with Crippen LogP contribution in [0.1, 0.15) is 12.5 Å². The lowest BCUT2D eigenvalue weighted by molar-refractivity contribution is 0.339. The monoisotopic (exact) mass is 275 g/mol. The highest BCUT2D eigenvalue weighted by atomic mass is 32.2. The third-order valence-electron chi connectivity index (χ3n) is 2.50. The van der Waals surface area contributed by atoms with Gasteiger partial charge in [0.1, 0.15) is 4.90 Å². The van der Waals surface area contributed by atoms with Gasteiger partial charge in [-0.3, -0.25) is 4.28 Å². The summed E-state index contributed by atoms with van der Waals surface area (Å²) in [5, 5.41) is 3.67. The van der Waals surface area contributed by atoms with Crippen molar-refractivity contribution in [2.75, 3.05) is 0 Å². The van der Waals surface area contributed by atoms with E-state index in [-0.39, 0.29) is 4.90 Å². The van der Waals surface area contributed by atoms with Crippen LogP contribution >= 0.6 is 0 Å². The molecule has 2 rings (SSSR count). The van der Waals surface area contributed by atoms with Gasteiger partial charge in [-0.05, 0) is 24.6 Å². The van der Waals surface area contributed by atoms with E-state index in [0.29, 0.717) is 5.71 Å². The molecule has 0 aliphatic heterocycles. The van der Waals surface area contributed by atoms with E-state index in [1.54, 1.807) is 25.1 Å². The van der Waals surface area contributed by atoms with E-state index in [9.17, 15) is 8.42 Å². The molecule has 0 fully saturated rings. The van der Waals surface area contributed by atoms with Gasteiger partial charge in [0.05, 0.1) is 5.71 Å². The number of rotatable bonds is 4. The third-order valence-corrected chi connectivity index (χ3v) is 3.62. The van der Waals surface area contributed by atoms with Crippen molar-refractivity contribution in [1.29, 1.82) is 0 Å². The van der Waals surface area contributed by atoms with Crippen molar-refractivity contribution in [2.45, 2.75) is 11.8 Å². The number of oxime groups is 1.